The van der Waals surface area contributed by atoms with Crippen molar-refractivity contribution in [3.63, 3.8) is 0 Å². The number of aromatic hydroxyl groups is 1. The van der Waals surface area contributed by atoms with Crippen LogP contribution in [0.2, 0.25) is 0 Å². The molecule has 0 fully saturated rings. The summed E-state index contributed by atoms with van der Waals surface area (Å²) in [7, 11) is 3.10. The summed E-state index contributed by atoms with van der Waals surface area (Å²) in [5.74, 6) is 0.272. The van der Waals surface area contributed by atoms with E-state index < -0.39 is 0 Å². The third-order valence-corrected chi connectivity index (χ3v) is 4.65. The standard InChI is InChI=1S/C18H23N5O3.ClH/c1-12(10-13-4-6-14(24)7-5-13)19-8-9-23-11-20-16-15(23)17(25)22(3)18(26)21(16)2;/h4-7,11-12,19,24H,8-10H2,1-3H3;1H. The maximum Gasteiger partial charge on any atom is 0.332 e. The van der Waals surface area contributed by atoms with E-state index in [0.717, 1.165) is 17.5 Å². The van der Waals surface area contributed by atoms with Crippen LogP contribution in [0.15, 0.2) is 40.2 Å². The van der Waals surface area contributed by atoms with Crippen molar-refractivity contribution in [2.75, 3.05) is 6.54 Å². The smallest absolute Gasteiger partial charge is 0.332 e. The lowest BCUT2D eigenvalue weighted by atomic mass is 10.1. The number of nitrogens with zero attached hydrogens (tertiary/aromatic N) is 4. The van der Waals surface area contributed by atoms with Crippen molar-refractivity contribution in [1.82, 2.24) is 18.7 Å². The third-order valence-electron chi connectivity index (χ3n) is 4.65. The summed E-state index contributed by atoms with van der Waals surface area (Å²) in [6.07, 6.45) is 2.51. The lowest BCUT2D eigenvalue weighted by Gasteiger charge is -2.12. The molecule has 2 heterocycles. The van der Waals surface area contributed by atoms with E-state index in [4.69, 9.17) is 0 Å². The average molecular weight is 394 g/mol. The summed E-state index contributed by atoms with van der Waals surface area (Å²) in [5.41, 5.74) is 1.34. The zero-order valence-electron chi connectivity index (χ0n) is 15.6. The first-order valence-corrected chi connectivity index (χ1v) is 8.60. The molecule has 146 valence electrons. The van der Waals surface area contributed by atoms with Crippen molar-refractivity contribution < 1.29 is 22.8 Å². The summed E-state index contributed by atoms with van der Waals surface area (Å²) in [6.45, 7) is 3.56. The Morgan fingerprint density at radius 3 is 2.48 bits per heavy atom. The molecule has 3 N–H and O–H groups in total. The molecule has 0 bridgehead atoms. The van der Waals surface area contributed by atoms with Crippen LogP contribution < -0.4 is 29.0 Å². The highest BCUT2D eigenvalue weighted by atomic mass is 35.5. The van der Waals surface area contributed by atoms with Gasteiger partial charge in [-0.3, -0.25) is 13.9 Å². The number of hydrogen-bond acceptors (Lipinski definition) is 4. The molecule has 2 aromatic heterocycles. The Morgan fingerprint density at radius 1 is 1.15 bits per heavy atom. The van der Waals surface area contributed by atoms with Crippen molar-refractivity contribution in [1.29, 1.82) is 0 Å². The molecule has 0 aliphatic rings. The molecule has 1 atom stereocenters. The minimum Gasteiger partial charge on any atom is -1.00 e. The van der Waals surface area contributed by atoms with Gasteiger partial charge in [-0.1, -0.05) is 12.1 Å². The van der Waals surface area contributed by atoms with Crippen molar-refractivity contribution in [3.05, 3.63) is 57.0 Å². The summed E-state index contributed by atoms with van der Waals surface area (Å²) < 4.78 is 4.31. The Hall–Kier alpha value is -2.58. The van der Waals surface area contributed by atoms with Gasteiger partial charge in [0.05, 0.1) is 25.5 Å². The fraction of sp³-hybridized carbons (Fsp3) is 0.389. The fourth-order valence-corrected chi connectivity index (χ4v) is 3.15. The molecule has 0 spiro atoms. The average Bonchev–Trinajstić information content (AvgIpc) is 3.04. The number of fused-ring (bicyclic) bond motifs is 1. The second-order valence-corrected chi connectivity index (χ2v) is 6.69. The molecular weight excluding hydrogens is 370 g/mol. The first kappa shape index (κ1) is 20.7. The van der Waals surface area contributed by atoms with Gasteiger partial charge < -0.3 is 27.4 Å². The van der Waals surface area contributed by atoms with Crippen LogP contribution in [0.5, 0.6) is 5.75 Å². The Balaban J connectivity index is 0.00000261. The highest BCUT2D eigenvalue weighted by molar-refractivity contribution is 5.69. The summed E-state index contributed by atoms with van der Waals surface area (Å²) in [5, 5.41) is 11.6. The number of phenolic OH excluding ortho intramolecular Hbond substituents is 1. The number of phenols is 1. The van der Waals surface area contributed by atoms with Gasteiger partial charge in [-0.15, -0.1) is 0 Å². The number of imidazole rings is 1. The molecule has 9 heteroatoms. The molecule has 8 nitrogen and oxygen atoms in total. The highest BCUT2D eigenvalue weighted by Crippen LogP contribution is 2.10. The van der Waals surface area contributed by atoms with Crippen LogP contribution in [0.4, 0.5) is 0 Å². The van der Waals surface area contributed by atoms with Gasteiger partial charge in [-0.05, 0) is 24.6 Å². The number of quaternary nitrogens is 1. The first-order chi connectivity index (χ1) is 12.4. The molecule has 0 aliphatic carbocycles. The zero-order chi connectivity index (χ0) is 18.8. The molecule has 0 saturated heterocycles. The molecule has 1 aromatic carbocycles. The van der Waals surface area contributed by atoms with E-state index in [1.165, 1.54) is 17.2 Å². The van der Waals surface area contributed by atoms with E-state index in [2.05, 4.69) is 17.2 Å². The van der Waals surface area contributed by atoms with E-state index >= 15 is 0 Å². The van der Waals surface area contributed by atoms with Gasteiger partial charge in [-0.2, -0.15) is 0 Å². The first-order valence-electron chi connectivity index (χ1n) is 8.60. The minimum atomic E-state index is -0.373. The molecule has 0 amide bonds. The number of nitrogens with two attached hydrogens (primary N) is 1. The molecule has 3 rings (SSSR count). The molecule has 0 radical (unpaired) electrons. The normalized spacial score (nSPS) is 12.1. The van der Waals surface area contributed by atoms with E-state index in [1.54, 1.807) is 30.1 Å². The molecule has 27 heavy (non-hydrogen) atoms. The van der Waals surface area contributed by atoms with Crippen LogP contribution in [0, 0.1) is 0 Å². The van der Waals surface area contributed by atoms with E-state index in [1.807, 2.05) is 12.1 Å². The Kier molecular flexibility index (Phi) is 6.45. The van der Waals surface area contributed by atoms with Gasteiger partial charge in [0.15, 0.2) is 11.2 Å². The third kappa shape index (κ3) is 4.23. The van der Waals surface area contributed by atoms with Gasteiger partial charge in [0.25, 0.3) is 5.56 Å². The van der Waals surface area contributed by atoms with Crippen LogP contribution in [0.3, 0.4) is 0 Å². The topological polar surface area (TPSA) is 98.7 Å². The van der Waals surface area contributed by atoms with Crippen LogP contribution in [-0.2, 0) is 27.1 Å². The summed E-state index contributed by atoms with van der Waals surface area (Å²) in [4.78, 5) is 28.6. The molecular formula is C18H24ClN5O3. The molecule has 0 saturated carbocycles. The van der Waals surface area contributed by atoms with Crippen molar-refractivity contribution in [2.24, 2.45) is 14.1 Å². The van der Waals surface area contributed by atoms with Gasteiger partial charge >= 0.3 is 5.69 Å². The van der Waals surface area contributed by atoms with Crippen LogP contribution in [0.1, 0.15) is 12.5 Å². The van der Waals surface area contributed by atoms with Crippen LogP contribution >= 0.6 is 0 Å². The molecule has 3 aromatic rings. The van der Waals surface area contributed by atoms with Crippen molar-refractivity contribution in [3.8, 4) is 5.75 Å². The predicted molar refractivity (Wildman–Crippen MR) is 98.3 cm³/mol. The number of rotatable bonds is 6. The maximum atomic E-state index is 12.4. The van der Waals surface area contributed by atoms with E-state index in [-0.39, 0.29) is 29.4 Å². The zero-order valence-corrected chi connectivity index (χ0v) is 16.3. The second kappa shape index (κ2) is 8.41. The number of hydrogen-bond donors (Lipinski definition) is 2. The lowest BCUT2D eigenvalue weighted by Crippen LogP contribution is -3.00. The van der Waals surface area contributed by atoms with Gasteiger partial charge in [0.1, 0.15) is 5.75 Å². The number of halogens is 1. The quantitative estimate of drug-likeness (QED) is 0.451. The predicted octanol–water partition coefficient (Wildman–Crippen LogP) is -3.66. The number of aromatic nitrogens is 4. The van der Waals surface area contributed by atoms with Gasteiger partial charge in [0.2, 0.25) is 0 Å². The SMILES string of the molecule is CC(Cc1ccc(O)cc1)[NH2+]CCn1cnc2c1c(=O)n(C)c(=O)n2C.[Cl-]. The maximum absolute atomic E-state index is 12.4. The van der Waals surface area contributed by atoms with Crippen LogP contribution in [0.25, 0.3) is 11.2 Å². The monoisotopic (exact) mass is 393 g/mol. The lowest BCUT2D eigenvalue weighted by molar-refractivity contribution is -0.686. The number of benzene rings is 1. The highest BCUT2D eigenvalue weighted by Gasteiger charge is 2.14. The Morgan fingerprint density at radius 2 is 1.81 bits per heavy atom. The van der Waals surface area contributed by atoms with E-state index in [9.17, 15) is 14.7 Å². The molecule has 1 unspecified atom stereocenters. The summed E-state index contributed by atoms with van der Waals surface area (Å²) in [6, 6.07) is 7.60. The Labute approximate surface area is 162 Å². The second-order valence-electron chi connectivity index (χ2n) is 6.69. The van der Waals surface area contributed by atoms with Gasteiger partial charge in [0, 0.05) is 20.5 Å². The minimum absolute atomic E-state index is 0. The Bertz CT molecular complexity index is 1040. The number of aryl methyl sites for hydroxylation is 1. The van der Waals surface area contributed by atoms with Crippen LogP contribution in [-0.4, -0.2) is 36.4 Å². The largest absolute Gasteiger partial charge is 1.00 e. The summed E-state index contributed by atoms with van der Waals surface area (Å²) >= 11 is 0. The van der Waals surface area contributed by atoms with Crippen molar-refractivity contribution >= 4 is 11.2 Å². The van der Waals surface area contributed by atoms with Crippen molar-refractivity contribution in [2.45, 2.75) is 25.9 Å². The molecule has 0 aliphatic heterocycles. The van der Waals surface area contributed by atoms with E-state index in [0.29, 0.717) is 23.8 Å². The van der Waals surface area contributed by atoms with Gasteiger partial charge in [-0.25, -0.2) is 9.78 Å². The fourth-order valence-electron chi connectivity index (χ4n) is 3.15.